The Hall–Kier alpha value is -2.47. The number of nitrogens with zero attached hydrogens (tertiary/aromatic N) is 1. The Morgan fingerprint density at radius 2 is 1.62 bits per heavy atom. The van der Waals surface area contributed by atoms with Crippen LogP contribution < -0.4 is 14.9 Å². The van der Waals surface area contributed by atoms with Gasteiger partial charge in [-0.15, -0.1) is 0 Å². The molecule has 3 N–H and O–H groups in total. The van der Waals surface area contributed by atoms with Crippen molar-refractivity contribution in [2.45, 2.75) is 62.7 Å². The van der Waals surface area contributed by atoms with Crippen molar-refractivity contribution < 1.29 is 26.7 Å². The lowest BCUT2D eigenvalue weighted by atomic mass is 10.0. The number of aliphatic hydroxyl groups excluding tert-OH is 1. The van der Waals surface area contributed by atoms with Crippen LogP contribution in [0.25, 0.3) is 0 Å². The second-order valence-corrected chi connectivity index (χ2v) is 15.0. The average Bonchev–Trinajstić information content (AvgIpc) is 3.24. The number of fused-ring (bicyclic) bond motifs is 1. The number of amides is 1. The van der Waals surface area contributed by atoms with Gasteiger partial charge in [0.1, 0.15) is 0 Å². The molecule has 220 valence electrons. The number of nitrogens with one attached hydrogen (secondary N) is 2. The van der Waals surface area contributed by atoms with Crippen molar-refractivity contribution in [1.29, 1.82) is 0 Å². The minimum Gasteiger partial charge on any atom is -0.396 e. The number of piperidine rings is 1. The summed E-state index contributed by atoms with van der Waals surface area (Å²) in [5.41, 5.74) is 1.05. The monoisotopic (exact) mass is 591 g/mol. The predicted molar refractivity (Wildman–Crippen MR) is 157 cm³/mol. The summed E-state index contributed by atoms with van der Waals surface area (Å²) >= 11 is 0. The van der Waals surface area contributed by atoms with Crippen LogP contribution in [0.4, 0.5) is 11.4 Å². The number of anilines is 2. The Morgan fingerprint density at radius 3 is 2.23 bits per heavy atom. The molecule has 2 aromatic carbocycles. The number of sulfone groups is 1. The van der Waals surface area contributed by atoms with E-state index in [1.807, 2.05) is 0 Å². The van der Waals surface area contributed by atoms with Gasteiger partial charge in [0, 0.05) is 43.0 Å². The molecule has 1 saturated heterocycles. The lowest BCUT2D eigenvalue weighted by Crippen LogP contribution is -2.30. The van der Waals surface area contributed by atoms with Crippen molar-refractivity contribution in [2.24, 2.45) is 17.3 Å². The SMILES string of the molecule is CCCCCCCS(=O)(=O)c1ccc(NC(=O)c2cc(N3CC4C(C3)C4(C)CO)ccc2S(=O)(=O)NCC)cc1. The van der Waals surface area contributed by atoms with Gasteiger partial charge in [-0.3, -0.25) is 4.79 Å². The molecule has 0 aromatic heterocycles. The molecule has 2 atom stereocenters. The third kappa shape index (κ3) is 6.37. The van der Waals surface area contributed by atoms with Gasteiger partial charge in [0.15, 0.2) is 9.84 Å². The van der Waals surface area contributed by atoms with E-state index in [4.69, 9.17) is 0 Å². The summed E-state index contributed by atoms with van der Waals surface area (Å²) < 4.78 is 53.7. The molecule has 2 aliphatic rings. The zero-order valence-corrected chi connectivity index (χ0v) is 25.2. The molecule has 11 heteroatoms. The van der Waals surface area contributed by atoms with Crippen LogP contribution in [0, 0.1) is 17.3 Å². The highest BCUT2D eigenvalue weighted by Crippen LogP contribution is 2.62. The number of carbonyl (C=O) groups is 1. The summed E-state index contributed by atoms with van der Waals surface area (Å²) in [5, 5.41) is 12.4. The van der Waals surface area contributed by atoms with Crippen LogP contribution >= 0.6 is 0 Å². The second-order valence-electron chi connectivity index (χ2n) is 11.2. The average molecular weight is 592 g/mol. The predicted octanol–water partition coefficient (Wildman–Crippen LogP) is 4.05. The molecular weight excluding hydrogens is 550 g/mol. The summed E-state index contributed by atoms with van der Waals surface area (Å²) in [6.45, 7) is 7.64. The maximum atomic E-state index is 13.4. The second kappa shape index (κ2) is 12.2. The topological polar surface area (TPSA) is 133 Å². The Labute approximate surface area is 238 Å². The number of hydrogen-bond acceptors (Lipinski definition) is 7. The van der Waals surface area contributed by atoms with Crippen LogP contribution in [0.3, 0.4) is 0 Å². The Kier molecular flexibility index (Phi) is 9.28. The Morgan fingerprint density at radius 1 is 0.975 bits per heavy atom. The van der Waals surface area contributed by atoms with Gasteiger partial charge in [-0.2, -0.15) is 0 Å². The molecular formula is C29H41N3O6S2. The van der Waals surface area contributed by atoms with Crippen molar-refractivity contribution in [2.75, 3.05) is 42.2 Å². The van der Waals surface area contributed by atoms with Gasteiger partial charge < -0.3 is 15.3 Å². The van der Waals surface area contributed by atoms with Crippen molar-refractivity contribution in [3.8, 4) is 0 Å². The number of sulfonamides is 1. The zero-order chi connectivity index (χ0) is 29.1. The van der Waals surface area contributed by atoms with Gasteiger partial charge >= 0.3 is 0 Å². The van der Waals surface area contributed by atoms with Gasteiger partial charge in [-0.05, 0) is 60.7 Å². The molecule has 2 fully saturated rings. The molecule has 0 bridgehead atoms. The zero-order valence-electron chi connectivity index (χ0n) is 23.5. The van der Waals surface area contributed by atoms with E-state index in [2.05, 4.69) is 28.8 Å². The minimum absolute atomic E-state index is 0.00715. The highest BCUT2D eigenvalue weighted by atomic mass is 32.2. The van der Waals surface area contributed by atoms with Gasteiger partial charge in [-0.25, -0.2) is 21.6 Å². The molecule has 1 heterocycles. The molecule has 4 rings (SSSR count). The van der Waals surface area contributed by atoms with Crippen molar-refractivity contribution >= 4 is 37.1 Å². The lowest BCUT2D eigenvalue weighted by Gasteiger charge is -2.26. The fourth-order valence-electron chi connectivity index (χ4n) is 5.78. The van der Waals surface area contributed by atoms with Crippen molar-refractivity contribution in [3.63, 3.8) is 0 Å². The number of benzene rings is 2. The largest absolute Gasteiger partial charge is 0.396 e. The van der Waals surface area contributed by atoms with Gasteiger partial charge in [-0.1, -0.05) is 46.5 Å². The normalized spacial score (nSPS) is 22.2. The van der Waals surface area contributed by atoms with Crippen LogP contribution in [0.1, 0.15) is 63.2 Å². The number of unbranched alkanes of at least 4 members (excludes halogenated alkanes) is 4. The van der Waals surface area contributed by atoms with E-state index in [1.165, 1.54) is 30.3 Å². The van der Waals surface area contributed by atoms with Crippen LogP contribution in [0.15, 0.2) is 52.3 Å². The molecule has 0 spiro atoms. The van der Waals surface area contributed by atoms with Crippen LogP contribution in [0.2, 0.25) is 0 Å². The highest BCUT2D eigenvalue weighted by Gasteiger charge is 2.64. The number of hydrogen-bond donors (Lipinski definition) is 3. The maximum absolute atomic E-state index is 13.4. The first-order valence-electron chi connectivity index (χ1n) is 14.1. The Balaban J connectivity index is 1.51. The van der Waals surface area contributed by atoms with Gasteiger partial charge in [0.2, 0.25) is 10.0 Å². The number of carbonyl (C=O) groups excluding carboxylic acids is 1. The summed E-state index contributed by atoms with van der Waals surface area (Å²) in [4.78, 5) is 15.6. The first-order chi connectivity index (χ1) is 19.0. The quantitative estimate of drug-likeness (QED) is 0.282. The first kappa shape index (κ1) is 30.5. The molecule has 1 amide bonds. The molecule has 2 aromatic rings. The maximum Gasteiger partial charge on any atom is 0.257 e. The lowest BCUT2D eigenvalue weighted by molar-refractivity contribution is 0.102. The van der Waals surface area contributed by atoms with E-state index in [0.717, 1.165) is 44.5 Å². The van der Waals surface area contributed by atoms with Crippen LogP contribution in [0.5, 0.6) is 0 Å². The molecule has 1 saturated carbocycles. The van der Waals surface area contributed by atoms with Gasteiger partial charge in [0.05, 0.1) is 21.1 Å². The van der Waals surface area contributed by atoms with E-state index >= 15 is 0 Å². The summed E-state index contributed by atoms with van der Waals surface area (Å²) in [6, 6.07) is 10.7. The molecule has 0 radical (unpaired) electrons. The fraction of sp³-hybridized carbons (Fsp3) is 0.552. The van der Waals surface area contributed by atoms with E-state index in [1.54, 1.807) is 19.1 Å². The molecule has 9 nitrogen and oxygen atoms in total. The summed E-state index contributed by atoms with van der Waals surface area (Å²) in [7, 11) is -7.35. The van der Waals surface area contributed by atoms with E-state index in [9.17, 15) is 26.7 Å². The van der Waals surface area contributed by atoms with E-state index < -0.39 is 25.8 Å². The standard InChI is InChI=1S/C29H41N3O6S2/c1-4-6-7-8-9-16-39(35,36)23-13-10-21(11-14-23)31-28(34)24-17-22(12-15-27(24)40(37,38)30-5-2)32-18-25-26(19-32)29(25,3)20-33/h10-15,17,25-26,30,33H,4-9,16,18-20H2,1-3H3,(H,31,34). The smallest absolute Gasteiger partial charge is 0.257 e. The van der Waals surface area contributed by atoms with Crippen LogP contribution in [-0.2, 0) is 19.9 Å². The molecule has 2 unspecified atom stereocenters. The fourth-order valence-corrected chi connectivity index (χ4v) is 8.38. The van der Waals surface area contributed by atoms with Gasteiger partial charge in [0.25, 0.3) is 5.91 Å². The number of aliphatic hydroxyl groups is 1. The third-order valence-corrected chi connectivity index (χ3v) is 11.9. The van der Waals surface area contributed by atoms with E-state index in [-0.39, 0.29) is 39.7 Å². The molecule has 1 aliphatic carbocycles. The van der Waals surface area contributed by atoms with Crippen LogP contribution in [-0.4, -0.2) is 59.8 Å². The van der Waals surface area contributed by atoms with Crippen molar-refractivity contribution in [3.05, 3.63) is 48.0 Å². The van der Waals surface area contributed by atoms with E-state index in [0.29, 0.717) is 23.9 Å². The minimum atomic E-state index is -3.93. The highest BCUT2D eigenvalue weighted by molar-refractivity contribution is 7.91. The first-order valence-corrected chi connectivity index (χ1v) is 17.2. The summed E-state index contributed by atoms with van der Waals surface area (Å²) in [6.07, 6.45) is 4.69. The molecule has 40 heavy (non-hydrogen) atoms. The molecule has 1 aliphatic heterocycles. The Bertz CT molecular complexity index is 1410. The number of rotatable bonds is 14. The van der Waals surface area contributed by atoms with Crippen molar-refractivity contribution in [1.82, 2.24) is 4.72 Å². The summed E-state index contributed by atoms with van der Waals surface area (Å²) in [5.74, 6) is 0.211. The third-order valence-electron chi connectivity index (χ3n) is 8.43.